The summed E-state index contributed by atoms with van der Waals surface area (Å²) in [6.07, 6.45) is 2.30. The highest BCUT2D eigenvalue weighted by molar-refractivity contribution is 8.00. The van der Waals surface area contributed by atoms with E-state index in [1.165, 1.54) is 11.8 Å². The van der Waals surface area contributed by atoms with Gasteiger partial charge in [-0.3, -0.25) is 4.79 Å². The lowest BCUT2D eigenvalue weighted by Gasteiger charge is -2.15. The Morgan fingerprint density at radius 3 is 2.88 bits per heavy atom. The fraction of sp³-hybridized carbons (Fsp3) is 0.278. The molecule has 1 amide bonds. The number of fused-ring (bicyclic) bond motifs is 1. The molecule has 1 aromatic carbocycles. The van der Waals surface area contributed by atoms with Gasteiger partial charge in [0.05, 0.1) is 17.5 Å². The predicted octanol–water partition coefficient (Wildman–Crippen LogP) is 4.13. The van der Waals surface area contributed by atoms with Crippen LogP contribution in [0.2, 0.25) is 0 Å². The second kappa shape index (κ2) is 8.02. The first-order chi connectivity index (χ1) is 12.2. The zero-order chi connectivity index (χ0) is 17.6. The number of amides is 1. The molecule has 0 aliphatic heterocycles. The number of para-hydroxylation sites is 2. The Kier molecular flexibility index (Phi) is 5.55. The molecule has 7 heteroatoms. The summed E-state index contributed by atoms with van der Waals surface area (Å²) in [6.45, 7) is 4.39. The molecule has 25 heavy (non-hydrogen) atoms. The number of benzene rings is 1. The lowest BCUT2D eigenvalue weighted by Crippen LogP contribution is -2.24. The molecule has 1 atom stereocenters. The first kappa shape index (κ1) is 17.3. The van der Waals surface area contributed by atoms with Crippen molar-refractivity contribution in [1.29, 1.82) is 0 Å². The smallest absolute Gasteiger partial charge is 0.259 e. The molecule has 0 saturated carbocycles. The molecule has 1 unspecified atom stereocenters. The van der Waals surface area contributed by atoms with Gasteiger partial charge in [-0.25, -0.2) is 4.98 Å². The first-order valence-electron chi connectivity index (χ1n) is 8.12. The number of pyridine rings is 1. The third-order valence-electron chi connectivity index (χ3n) is 3.50. The van der Waals surface area contributed by atoms with Crippen LogP contribution in [0.3, 0.4) is 0 Å². The van der Waals surface area contributed by atoms with Crippen molar-refractivity contribution in [2.75, 3.05) is 11.9 Å². The van der Waals surface area contributed by atoms with Gasteiger partial charge in [0.2, 0.25) is 5.91 Å². The maximum absolute atomic E-state index is 12.6. The van der Waals surface area contributed by atoms with E-state index in [9.17, 15) is 4.79 Å². The fourth-order valence-corrected chi connectivity index (χ4v) is 3.16. The van der Waals surface area contributed by atoms with E-state index >= 15 is 0 Å². The third kappa shape index (κ3) is 4.11. The molecule has 0 spiro atoms. The summed E-state index contributed by atoms with van der Waals surface area (Å²) in [4.78, 5) is 21.1. The average molecular weight is 357 g/mol. The summed E-state index contributed by atoms with van der Waals surface area (Å²) >= 11 is 1.29. The number of carbonyl (C=O) groups excluding carboxylic acids is 1. The Hall–Kier alpha value is -2.54. The molecular formula is C18H19N3O3S. The van der Waals surface area contributed by atoms with Gasteiger partial charge in [0.25, 0.3) is 5.22 Å². The maximum atomic E-state index is 12.6. The van der Waals surface area contributed by atoms with Gasteiger partial charge in [-0.2, -0.15) is 4.98 Å². The number of thioether (sulfide) groups is 1. The second-order valence-corrected chi connectivity index (χ2v) is 6.39. The van der Waals surface area contributed by atoms with Crippen molar-refractivity contribution in [3.8, 4) is 5.75 Å². The number of anilines is 1. The van der Waals surface area contributed by atoms with E-state index < -0.39 is 0 Å². The van der Waals surface area contributed by atoms with E-state index in [0.717, 1.165) is 0 Å². The van der Waals surface area contributed by atoms with Gasteiger partial charge in [-0.05, 0) is 37.6 Å². The molecule has 0 radical (unpaired) electrons. The van der Waals surface area contributed by atoms with Crippen LogP contribution in [0.1, 0.15) is 20.3 Å². The van der Waals surface area contributed by atoms with Crippen LogP contribution in [-0.4, -0.2) is 27.7 Å². The molecule has 130 valence electrons. The average Bonchev–Trinajstić information content (AvgIpc) is 3.04. The van der Waals surface area contributed by atoms with Crippen LogP contribution < -0.4 is 10.1 Å². The fourth-order valence-electron chi connectivity index (χ4n) is 2.31. The number of hydrogen-bond acceptors (Lipinski definition) is 6. The summed E-state index contributed by atoms with van der Waals surface area (Å²) in [5.74, 6) is 0.541. The van der Waals surface area contributed by atoms with E-state index in [2.05, 4.69) is 15.3 Å². The molecule has 0 aliphatic carbocycles. The lowest BCUT2D eigenvalue weighted by molar-refractivity contribution is -0.115. The van der Waals surface area contributed by atoms with Crippen molar-refractivity contribution >= 4 is 34.6 Å². The van der Waals surface area contributed by atoms with E-state index in [1.807, 2.05) is 38.1 Å². The van der Waals surface area contributed by atoms with Gasteiger partial charge in [-0.15, -0.1) is 0 Å². The normalized spacial score (nSPS) is 12.1. The van der Waals surface area contributed by atoms with E-state index in [0.29, 0.717) is 40.9 Å². The zero-order valence-corrected chi connectivity index (χ0v) is 14.9. The number of hydrogen-bond donors (Lipinski definition) is 1. The highest BCUT2D eigenvalue weighted by atomic mass is 32.2. The minimum atomic E-state index is -0.331. The van der Waals surface area contributed by atoms with E-state index in [1.54, 1.807) is 18.3 Å². The number of aromatic nitrogens is 2. The molecular weight excluding hydrogens is 338 g/mol. The van der Waals surface area contributed by atoms with Gasteiger partial charge in [0.15, 0.2) is 11.2 Å². The number of nitrogens with zero attached hydrogens (tertiary/aromatic N) is 2. The van der Waals surface area contributed by atoms with Crippen molar-refractivity contribution in [2.45, 2.75) is 30.7 Å². The molecule has 2 heterocycles. The molecule has 0 bridgehead atoms. The Bertz CT molecular complexity index is 832. The van der Waals surface area contributed by atoms with Gasteiger partial charge < -0.3 is 14.5 Å². The SMILES string of the molecule is CCOc1ccccc1NC(=O)C(CC)Sc1nc2ncccc2o1. The molecule has 0 saturated heterocycles. The van der Waals surface area contributed by atoms with Crippen LogP contribution in [-0.2, 0) is 4.79 Å². The molecule has 2 aromatic heterocycles. The van der Waals surface area contributed by atoms with Crippen molar-refractivity contribution in [1.82, 2.24) is 9.97 Å². The van der Waals surface area contributed by atoms with Crippen LogP contribution in [0, 0.1) is 0 Å². The number of carbonyl (C=O) groups is 1. The summed E-state index contributed by atoms with van der Waals surface area (Å²) in [7, 11) is 0. The minimum Gasteiger partial charge on any atom is -0.492 e. The molecule has 6 nitrogen and oxygen atoms in total. The van der Waals surface area contributed by atoms with Crippen LogP contribution in [0.4, 0.5) is 5.69 Å². The predicted molar refractivity (Wildman–Crippen MR) is 98.0 cm³/mol. The van der Waals surface area contributed by atoms with Crippen molar-refractivity contribution in [2.24, 2.45) is 0 Å². The first-order valence-corrected chi connectivity index (χ1v) is 9.00. The van der Waals surface area contributed by atoms with Gasteiger partial charge in [0, 0.05) is 6.20 Å². The third-order valence-corrected chi connectivity index (χ3v) is 4.70. The molecule has 0 aliphatic rings. The monoisotopic (exact) mass is 357 g/mol. The molecule has 0 fully saturated rings. The lowest BCUT2D eigenvalue weighted by atomic mass is 10.2. The zero-order valence-electron chi connectivity index (χ0n) is 14.1. The summed E-state index contributed by atoms with van der Waals surface area (Å²) < 4.78 is 11.2. The number of rotatable bonds is 7. The number of nitrogens with one attached hydrogen (secondary N) is 1. The van der Waals surface area contributed by atoms with Crippen molar-refractivity contribution < 1.29 is 13.9 Å². The summed E-state index contributed by atoms with van der Waals surface area (Å²) in [5, 5.41) is 3.04. The van der Waals surface area contributed by atoms with Crippen LogP contribution in [0.5, 0.6) is 5.75 Å². The molecule has 3 aromatic rings. The Morgan fingerprint density at radius 1 is 1.28 bits per heavy atom. The summed E-state index contributed by atoms with van der Waals surface area (Å²) in [6, 6.07) is 11.0. The highest BCUT2D eigenvalue weighted by Crippen LogP contribution is 2.30. The van der Waals surface area contributed by atoms with Gasteiger partial charge >= 0.3 is 0 Å². The Morgan fingerprint density at radius 2 is 2.12 bits per heavy atom. The van der Waals surface area contributed by atoms with Crippen molar-refractivity contribution in [3.63, 3.8) is 0 Å². The molecule has 1 N–H and O–H groups in total. The largest absolute Gasteiger partial charge is 0.492 e. The van der Waals surface area contributed by atoms with Gasteiger partial charge in [0.1, 0.15) is 5.75 Å². The molecule has 3 rings (SSSR count). The summed E-state index contributed by atoms with van der Waals surface area (Å²) in [5.41, 5.74) is 1.82. The quantitative estimate of drug-likeness (QED) is 0.641. The van der Waals surface area contributed by atoms with Gasteiger partial charge in [-0.1, -0.05) is 30.8 Å². The standard InChI is InChI=1S/C18H19N3O3S/c1-3-15(25-18-21-16-14(24-18)10-7-11-19-16)17(22)20-12-8-5-6-9-13(12)23-4-2/h5-11,15H,3-4H2,1-2H3,(H,20,22). The van der Waals surface area contributed by atoms with Crippen LogP contribution >= 0.6 is 11.8 Å². The minimum absolute atomic E-state index is 0.116. The van der Waals surface area contributed by atoms with E-state index in [4.69, 9.17) is 9.15 Å². The topological polar surface area (TPSA) is 77.2 Å². The van der Waals surface area contributed by atoms with E-state index in [-0.39, 0.29) is 11.2 Å². The van der Waals surface area contributed by atoms with Crippen LogP contribution in [0.25, 0.3) is 11.2 Å². The maximum Gasteiger partial charge on any atom is 0.259 e. The highest BCUT2D eigenvalue weighted by Gasteiger charge is 2.22. The van der Waals surface area contributed by atoms with Crippen LogP contribution in [0.15, 0.2) is 52.2 Å². The number of ether oxygens (including phenoxy) is 1. The second-order valence-electron chi connectivity index (χ2n) is 5.24. The Balaban J connectivity index is 1.73. The number of oxazole rings is 1. The Labute approximate surface area is 150 Å². The van der Waals surface area contributed by atoms with Crippen molar-refractivity contribution in [3.05, 3.63) is 42.6 Å².